The van der Waals surface area contributed by atoms with Crippen molar-refractivity contribution in [3.05, 3.63) is 0 Å². The van der Waals surface area contributed by atoms with E-state index in [9.17, 15) is 0 Å². The molecule has 0 spiro atoms. The predicted molar refractivity (Wildman–Crippen MR) is 75.2 cm³/mol. The van der Waals surface area contributed by atoms with Gasteiger partial charge >= 0.3 is 0 Å². The van der Waals surface area contributed by atoms with Crippen LogP contribution in [0, 0.1) is 23.2 Å². The first-order valence-electron chi connectivity index (χ1n) is 7.41. The summed E-state index contributed by atoms with van der Waals surface area (Å²) in [6, 6.07) is 0. The zero-order valence-corrected chi connectivity index (χ0v) is 12.8. The molecule has 0 bridgehead atoms. The van der Waals surface area contributed by atoms with Gasteiger partial charge in [-0.25, -0.2) is 0 Å². The Kier molecular flexibility index (Phi) is 5.50. The van der Waals surface area contributed by atoms with Crippen LogP contribution >= 0.6 is 0 Å². The van der Waals surface area contributed by atoms with Gasteiger partial charge in [0.05, 0.1) is 6.10 Å². The van der Waals surface area contributed by atoms with Crippen LogP contribution in [0.4, 0.5) is 0 Å². The van der Waals surface area contributed by atoms with E-state index >= 15 is 0 Å². The van der Waals surface area contributed by atoms with E-state index in [4.69, 9.17) is 4.74 Å². The lowest BCUT2D eigenvalue weighted by atomic mass is 9.75. The van der Waals surface area contributed by atoms with Gasteiger partial charge in [0.25, 0.3) is 0 Å². The second-order valence-corrected chi connectivity index (χ2v) is 7.55. The molecule has 17 heavy (non-hydrogen) atoms. The minimum Gasteiger partial charge on any atom is -0.378 e. The fourth-order valence-corrected chi connectivity index (χ4v) is 2.82. The highest BCUT2D eigenvalue weighted by Crippen LogP contribution is 2.35. The molecule has 1 heteroatoms. The number of hydrogen-bond donors (Lipinski definition) is 0. The fourth-order valence-electron chi connectivity index (χ4n) is 2.82. The lowest BCUT2D eigenvalue weighted by Gasteiger charge is -2.37. The molecule has 0 aromatic carbocycles. The van der Waals surface area contributed by atoms with Crippen LogP contribution in [0.5, 0.6) is 0 Å². The highest BCUT2D eigenvalue weighted by Gasteiger charge is 2.31. The molecular formula is C16H32O. The summed E-state index contributed by atoms with van der Waals surface area (Å²) in [7, 11) is 0. The molecule has 102 valence electrons. The van der Waals surface area contributed by atoms with Crippen molar-refractivity contribution in [3.8, 4) is 0 Å². The highest BCUT2D eigenvalue weighted by atomic mass is 16.5. The van der Waals surface area contributed by atoms with Gasteiger partial charge in [-0.3, -0.25) is 0 Å². The van der Waals surface area contributed by atoms with Crippen molar-refractivity contribution in [2.24, 2.45) is 23.2 Å². The minimum absolute atomic E-state index is 0.396. The van der Waals surface area contributed by atoms with Crippen LogP contribution in [0.1, 0.15) is 67.2 Å². The zero-order chi connectivity index (χ0) is 13.1. The molecule has 1 rings (SSSR count). The first-order chi connectivity index (χ1) is 7.79. The molecule has 0 aromatic heterocycles. The summed E-state index contributed by atoms with van der Waals surface area (Å²) in [4.78, 5) is 0. The average Bonchev–Trinajstić information content (AvgIpc) is 2.15. The molecule has 1 aliphatic rings. The monoisotopic (exact) mass is 240 g/mol. The van der Waals surface area contributed by atoms with Crippen LogP contribution in [-0.4, -0.2) is 12.7 Å². The fraction of sp³-hybridized carbons (Fsp3) is 1.00. The number of hydrogen-bond acceptors (Lipinski definition) is 1. The lowest BCUT2D eigenvalue weighted by molar-refractivity contribution is -0.0452. The molecule has 1 aliphatic carbocycles. The van der Waals surface area contributed by atoms with Gasteiger partial charge in [0.15, 0.2) is 0 Å². The average molecular weight is 240 g/mol. The summed E-state index contributed by atoms with van der Waals surface area (Å²) >= 11 is 0. The quantitative estimate of drug-likeness (QED) is 0.679. The van der Waals surface area contributed by atoms with Crippen molar-refractivity contribution in [1.29, 1.82) is 0 Å². The third-order valence-electron chi connectivity index (χ3n) is 4.15. The molecule has 0 N–H and O–H groups in total. The SMILES string of the molecule is CC1CCC(C(C)C)C(OCCC(C)(C)C)C1. The van der Waals surface area contributed by atoms with Gasteiger partial charge in [0.2, 0.25) is 0 Å². The van der Waals surface area contributed by atoms with E-state index in [2.05, 4.69) is 41.5 Å². The highest BCUT2D eigenvalue weighted by molar-refractivity contribution is 4.81. The van der Waals surface area contributed by atoms with E-state index in [1.54, 1.807) is 0 Å². The van der Waals surface area contributed by atoms with E-state index in [0.29, 0.717) is 11.5 Å². The van der Waals surface area contributed by atoms with Crippen LogP contribution in [0.3, 0.4) is 0 Å². The summed E-state index contributed by atoms with van der Waals surface area (Å²) in [5.41, 5.74) is 0.396. The maximum absolute atomic E-state index is 6.20. The Labute approximate surface area is 108 Å². The minimum atomic E-state index is 0.396. The zero-order valence-electron chi connectivity index (χ0n) is 12.8. The normalized spacial score (nSPS) is 30.9. The Balaban J connectivity index is 2.41. The molecule has 1 nitrogen and oxygen atoms in total. The smallest absolute Gasteiger partial charge is 0.0608 e. The van der Waals surface area contributed by atoms with Gasteiger partial charge in [-0.05, 0) is 42.4 Å². The second kappa shape index (κ2) is 6.22. The first-order valence-corrected chi connectivity index (χ1v) is 7.41. The number of rotatable bonds is 4. The van der Waals surface area contributed by atoms with Crippen molar-refractivity contribution in [2.45, 2.75) is 73.3 Å². The largest absolute Gasteiger partial charge is 0.378 e. The molecule has 0 heterocycles. The molecule has 0 saturated heterocycles. The molecule has 3 unspecified atom stereocenters. The Morgan fingerprint density at radius 2 is 1.82 bits per heavy atom. The maximum atomic E-state index is 6.20. The van der Waals surface area contributed by atoms with Crippen LogP contribution in [0.25, 0.3) is 0 Å². The summed E-state index contributed by atoms with van der Waals surface area (Å²) < 4.78 is 6.20. The van der Waals surface area contributed by atoms with E-state index in [0.717, 1.165) is 24.4 Å². The molecule has 1 saturated carbocycles. The first kappa shape index (κ1) is 15.0. The summed E-state index contributed by atoms with van der Waals surface area (Å²) in [6.07, 6.45) is 5.71. The van der Waals surface area contributed by atoms with Crippen LogP contribution < -0.4 is 0 Å². The van der Waals surface area contributed by atoms with E-state index in [1.165, 1.54) is 25.7 Å². The molecule has 0 amide bonds. The Bertz CT molecular complexity index is 214. The van der Waals surface area contributed by atoms with Crippen molar-refractivity contribution in [3.63, 3.8) is 0 Å². The van der Waals surface area contributed by atoms with Crippen LogP contribution in [0.2, 0.25) is 0 Å². The summed E-state index contributed by atoms with van der Waals surface area (Å²) in [6.45, 7) is 14.9. The predicted octanol–water partition coefficient (Wildman–Crippen LogP) is 4.90. The maximum Gasteiger partial charge on any atom is 0.0608 e. The Hall–Kier alpha value is -0.0400. The van der Waals surface area contributed by atoms with Crippen LogP contribution in [0.15, 0.2) is 0 Å². The van der Waals surface area contributed by atoms with Crippen molar-refractivity contribution in [1.82, 2.24) is 0 Å². The van der Waals surface area contributed by atoms with Crippen molar-refractivity contribution in [2.75, 3.05) is 6.61 Å². The lowest BCUT2D eigenvalue weighted by Crippen LogP contribution is -2.34. The van der Waals surface area contributed by atoms with Crippen LogP contribution in [-0.2, 0) is 4.74 Å². The molecule has 1 fully saturated rings. The topological polar surface area (TPSA) is 9.23 Å². The Morgan fingerprint density at radius 1 is 1.18 bits per heavy atom. The molecule has 0 radical (unpaired) electrons. The number of ether oxygens (including phenoxy) is 1. The van der Waals surface area contributed by atoms with Gasteiger partial charge < -0.3 is 4.74 Å². The van der Waals surface area contributed by atoms with E-state index < -0.39 is 0 Å². The molecule has 0 aliphatic heterocycles. The molecule has 3 atom stereocenters. The van der Waals surface area contributed by atoms with Crippen molar-refractivity contribution < 1.29 is 4.74 Å². The standard InChI is InChI=1S/C16H32O/c1-12(2)14-8-7-13(3)11-15(14)17-10-9-16(4,5)6/h12-15H,7-11H2,1-6H3. The second-order valence-electron chi connectivity index (χ2n) is 7.55. The molecular weight excluding hydrogens is 208 g/mol. The third-order valence-corrected chi connectivity index (χ3v) is 4.15. The van der Waals surface area contributed by atoms with Gasteiger partial charge in [0.1, 0.15) is 0 Å². The van der Waals surface area contributed by atoms with Gasteiger partial charge in [0, 0.05) is 6.61 Å². The van der Waals surface area contributed by atoms with Crippen molar-refractivity contribution >= 4 is 0 Å². The molecule has 0 aromatic rings. The van der Waals surface area contributed by atoms with Gasteiger partial charge in [-0.15, -0.1) is 0 Å². The summed E-state index contributed by atoms with van der Waals surface area (Å²) in [5, 5.41) is 0. The Morgan fingerprint density at radius 3 is 2.35 bits per heavy atom. The summed E-state index contributed by atoms with van der Waals surface area (Å²) in [5.74, 6) is 2.40. The van der Waals surface area contributed by atoms with E-state index in [1.807, 2.05) is 0 Å². The third kappa shape index (κ3) is 5.42. The van der Waals surface area contributed by atoms with Gasteiger partial charge in [-0.2, -0.15) is 0 Å². The van der Waals surface area contributed by atoms with Gasteiger partial charge in [-0.1, -0.05) is 48.0 Å². The van der Waals surface area contributed by atoms with E-state index in [-0.39, 0.29) is 0 Å².